The number of hydrogen-bond acceptors (Lipinski definition) is 3. The van der Waals surface area contributed by atoms with Gasteiger partial charge in [0.05, 0.1) is 16.6 Å². The smallest absolute Gasteiger partial charge is 0.232 e. The summed E-state index contributed by atoms with van der Waals surface area (Å²) in [6.07, 6.45) is 3.78. The Morgan fingerprint density at radius 1 is 1.00 bits per heavy atom. The lowest BCUT2D eigenvalue weighted by atomic mass is 9.99. The fourth-order valence-corrected chi connectivity index (χ4v) is 3.80. The van der Waals surface area contributed by atoms with Gasteiger partial charge in [-0.05, 0) is 31.0 Å². The molecule has 4 heterocycles. The maximum atomic E-state index is 14.5. The van der Waals surface area contributed by atoms with E-state index in [2.05, 4.69) is 9.97 Å². The fourth-order valence-electron chi connectivity index (χ4n) is 3.80. The molecule has 0 spiro atoms. The molecule has 0 bridgehead atoms. The highest BCUT2D eigenvalue weighted by Gasteiger charge is 2.23. The van der Waals surface area contributed by atoms with E-state index in [4.69, 9.17) is 4.42 Å². The molecule has 0 radical (unpaired) electrons. The molecule has 6 heteroatoms. The number of furan rings is 1. The van der Waals surface area contributed by atoms with Crippen LogP contribution in [-0.2, 0) is 7.05 Å². The molecule has 0 aliphatic rings. The highest BCUT2D eigenvalue weighted by molar-refractivity contribution is 6.09. The number of hydrogen-bond donors (Lipinski definition) is 0. The second-order valence-corrected chi connectivity index (χ2v) is 7.48. The van der Waals surface area contributed by atoms with Crippen LogP contribution in [0.15, 0.2) is 59.3 Å². The molecule has 5 aromatic rings. The van der Waals surface area contributed by atoms with Gasteiger partial charge in [0, 0.05) is 35.3 Å². The van der Waals surface area contributed by atoms with Gasteiger partial charge in [0.1, 0.15) is 12.9 Å². The summed E-state index contributed by atoms with van der Waals surface area (Å²) in [4.78, 5) is 8.26. The van der Waals surface area contributed by atoms with Crippen molar-refractivity contribution in [3.63, 3.8) is 0 Å². The van der Waals surface area contributed by atoms with Crippen molar-refractivity contribution in [2.75, 3.05) is 0 Å². The second-order valence-electron chi connectivity index (χ2n) is 7.48. The van der Waals surface area contributed by atoms with Crippen LogP contribution in [0, 0.1) is 25.6 Å². The van der Waals surface area contributed by atoms with E-state index < -0.39 is 11.8 Å². The monoisotopic (exact) mass is 402 g/mol. The number of pyridine rings is 3. The predicted octanol–water partition coefficient (Wildman–Crippen LogP) is 5.43. The maximum Gasteiger partial charge on any atom is 0.232 e. The first-order valence-electron chi connectivity index (χ1n) is 9.53. The van der Waals surface area contributed by atoms with Gasteiger partial charge in [0.15, 0.2) is 11.8 Å². The van der Waals surface area contributed by atoms with Crippen molar-refractivity contribution in [2.45, 2.75) is 13.8 Å². The molecule has 0 saturated carbocycles. The summed E-state index contributed by atoms with van der Waals surface area (Å²) in [7, 11) is 1.93. The highest BCUT2D eigenvalue weighted by atomic mass is 19.1. The van der Waals surface area contributed by atoms with Crippen molar-refractivity contribution in [1.29, 1.82) is 0 Å². The number of rotatable bonds is 2. The van der Waals surface area contributed by atoms with Crippen LogP contribution in [0.4, 0.5) is 8.78 Å². The molecule has 148 valence electrons. The standard InChI is InChI=1S/C24H18F2N3O/c1-13-4-7-18(27-12-13)15-8-9-29(3)19(10-15)21-14(2)5-6-16-22-17(25)11-20(26)28-24(22)30-23(16)21/h4-12H,1-3H3/q+1. The Morgan fingerprint density at radius 2 is 1.83 bits per heavy atom. The van der Waals surface area contributed by atoms with Gasteiger partial charge in [-0.15, -0.1) is 0 Å². The lowest BCUT2D eigenvalue weighted by Crippen LogP contribution is -2.30. The minimum atomic E-state index is -0.907. The molecule has 0 aliphatic heterocycles. The first kappa shape index (κ1) is 18.4. The van der Waals surface area contributed by atoms with E-state index >= 15 is 0 Å². The summed E-state index contributed by atoms with van der Waals surface area (Å²) in [6, 6.07) is 12.5. The molecule has 0 unspecified atom stereocenters. The van der Waals surface area contributed by atoms with E-state index in [0.29, 0.717) is 11.0 Å². The Morgan fingerprint density at radius 3 is 2.60 bits per heavy atom. The molecule has 0 fully saturated rings. The van der Waals surface area contributed by atoms with Crippen LogP contribution >= 0.6 is 0 Å². The van der Waals surface area contributed by atoms with E-state index in [0.717, 1.165) is 39.7 Å². The molecule has 0 aliphatic carbocycles. The summed E-state index contributed by atoms with van der Waals surface area (Å²) in [6.45, 7) is 3.96. The molecule has 0 N–H and O–H groups in total. The van der Waals surface area contributed by atoms with E-state index in [1.807, 2.05) is 68.2 Å². The molecule has 0 saturated heterocycles. The Hall–Kier alpha value is -3.67. The highest BCUT2D eigenvalue weighted by Crippen LogP contribution is 2.38. The molecular formula is C24H18F2N3O+. The number of aromatic nitrogens is 3. The van der Waals surface area contributed by atoms with Gasteiger partial charge >= 0.3 is 0 Å². The van der Waals surface area contributed by atoms with Crippen molar-refractivity contribution in [3.05, 3.63) is 77.8 Å². The summed E-state index contributed by atoms with van der Waals surface area (Å²) < 4.78 is 36.0. The SMILES string of the molecule is Cc1ccc(-c2cc[n+](C)c(-c3c(C)ccc4c3oc3nc(F)cc(F)c34)c2)nc1. The first-order valence-corrected chi connectivity index (χ1v) is 9.53. The van der Waals surface area contributed by atoms with Crippen molar-refractivity contribution in [1.82, 2.24) is 9.97 Å². The second kappa shape index (κ2) is 6.69. The van der Waals surface area contributed by atoms with Crippen LogP contribution < -0.4 is 4.57 Å². The zero-order valence-corrected chi connectivity index (χ0v) is 16.7. The number of fused-ring (bicyclic) bond motifs is 3. The van der Waals surface area contributed by atoms with Crippen LogP contribution in [-0.4, -0.2) is 9.97 Å². The van der Waals surface area contributed by atoms with E-state index in [1.54, 1.807) is 6.07 Å². The van der Waals surface area contributed by atoms with Crippen molar-refractivity contribution in [2.24, 2.45) is 7.05 Å². The van der Waals surface area contributed by atoms with Gasteiger partial charge in [-0.2, -0.15) is 9.37 Å². The normalized spacial score (nSPS) is 11.5. The largest absolute Gasteiger partial charge is 0.437 e. The Balaban J connectivity index is 1.81. The van der Waals surface area contributed by atoms with Gasteiger partial charge in [-0.3, -0.25) is 4.98 Å². The molecule has 4 nitrogen and oxygen atoms in total. The zero-order chi connectivity index (χ0) is 21.0. The molecule has 5 rings (SSSR count). The van der Waals surface area contributed by atoms with Gasteiger partial charge in [-0.25, -0.2) is 8.96 Å². The quantitative estimate of drug-likeness (QED) is 0.292. The predicted molar refractivity (Wildman–Crippen MR) is 111 cm³/mol. The minimum Gasteiger partial charge on any atom is -0.437 e. The third-order valence-electron chi connectivity index (χ3n) is 5.35. The summed E-state index contributed by atoms with van der Waals surface area (Å²) in [5, 5.41) is 0.751. The van der Waals surface area contributed by atoms with Crippen molar-refractivity contribution < 1.29 is 17.8 Å². The number of aryl methyl sites for hydroxylation is 3. The number of benzene rings is 1. The van der Waals surface area contributed by atoms with Crippen molar-refractivity contribution >= 4 is 22.1 Å². The Labute approximate surface area is 171 Å². The first-order chi connectivity index (χ1) is 14.4. The fraction of sp³-hybridized carbons (Fsp3) is 0.125. The van der Waals surface area contributed by atoms with Crippen LogP contribution in [0.5, 0.6) is 0 Å². The summed E-state index contributed by atoms with van der Waals surface area (Å²) >= 11 is 0. The van der Waals surface area contributed by atoms with Crippen LogP contribution in [0.2, 0.25) is 0 Å². The molecule has 0 atom stereocenters. The van der Waals surface area contributed by atoms with E-state index in [9.17, 15) is 8.78 Å². The summed E-state index contributed by atoms with van der Waals surface area (Å²) in [5.41, 5.74) is 5.95. The van der Waals surface area contributed by atoms with E-state index in [-0.39, 0.29) is 11.1 Å². The molecule has 0 amide bonds. The van der Waals surface area contributed by atoms with Crippen molar-refractivity contribution in [3.8, 4) is 22.5 Å². The van der Waals surface area contributed by atoms with Crippen LogP contribution in [0.1, 0.15) is 11.1 Å². The van der Waals surface area contributed by atoms with Gasteiger partial charge in [-0.1, -0.05) is 18.2 Å². The Kier molecular flexibility index (Phi) is 4.10. The van der Waals surface area contributed by atoms with Gasteiger partial charge in [0.2, 0.25) is 17.4 Å². The van der Waals surface area contributed by atoms with Gasteiger partial charge < -0.3 is 4.42 Å². The third kappa shape index (κ3) is 2.84. The Bertz CT molecular complexity index is 1440. The molecule has 1 aromatic carbocycles. The van der Waals surface area contributed by atoms with E-state index in [1.165, 1.54) is 0 Å². The van der Waals surface area contributed by atoms with Gasteiger partial charge in [0.25, 0.3) is 0 Å². The minimum absolute atomic E-state index is 0.0478. The molecular weight excluding hydrogens is 384 g/mol. The molecule has 4 aromatic heterocycles. The average molecular weight is 402 g/mol. The van der Waals surface area contributed by atoms with Crippen LogP contribution in [0.25, 0.3) is 44.6 Å². The lowest BCUT2D eigenvalue weighted by molar-refractivity contribution is -0.660. The van der Waals surface area contributed by atoms with Crippen LogP contribution in [0.3, 0.4) is 0 Å². The number of halogens is 2. The zero-order valence-electron chi connectivity index (χ0n) is 16.7. The number of nitrogens with zero attached hydrogens (tertiary/aromatic N) is 3. The molecule has 30 heavy (non-hydrogen) atoms. The lowest BCUT2D eigenvalue weighted by Gasteiger charge is -2.08. The topological polar surface area (TPSA) is 42.8 Å². The summed E-state index contributed by atoms with van der Waals surface area (Å²) in [5.74, 6) is -1.59. The average Bonchev–Trinajstić information content (AvgIpc) is 3.08. The maximum absolute atomic E-state index is 14.5. The third-order valence-corrected chi connectivity index (χ3v) is 5.35.